The number of carbonyl (C=O) groups is 2. The second-order valence-corrected chi connectivity index (χ2v) is 9.54. The second kappa shape index (κ2) is 9.87. The van der Waals surface area contributed by atoms with E-state index in [9.17, 15) is 27.2 Å². The summed E-state index contributed by atoms with van der Waals surface area (Å²) >= 11 is 0.895. The quantitative estimate of drug-likeness (QED) is 0.299. The van der Waals surface area contributed by atoms with Crippen LogP contribution in [0.1, 0.15) is 23.1 Å². The minimum absolute atomic E-state index is 0.0385. The molecule has 35 heavy (non-hydrogen) atoms. The molecule has 0 spiro atoms. The smallest absolute Gasteiger partial charge is 0.343 e. The van der Waals surface area contributed by atoms with Crippen LogP contribution in [0.15, 0.2) is 53.6 Å². The van der Waals surface area contributed by atoms with E-state index in [0.29, 0.717) is 35.0 Å². The number of hydrogen-bond acceptors (Lipinski definition) is 4. The summed E-state index contributed by atoms with van der Waals surface area (Å²) in [5.74, 6) is -1.27. The van der Waals surface area contributed by atoms with E-state index < -0.39 is 17.6 Å². The van der Waals surface area contributed by atoms with Crippen molar-refractivity contribution in [3.05, 3.63) is 76.1 Å². The molecule has 0 radical (unpaired) electrons. The molecule has 1 saturated heterocycles. The summed E-state index contributed by atoms with van der Waals surface area (Å²) in [4.78, 5) is 28.5. The molecule has 1 aliphatic rings. The van der Waals surface area contributed by atoms with Gasteiger partial charge in [0.05, 0.1) is 10.5 Å². The lowest BCUT2D eigenvalue weighted by atomic mass is 10.1. The molecule has 2 heterocycles. The van der Waals surface area contributed by atoms with E-state index in [4.69, 9.17) is 0 Å². The highest BCUT2D eigenvalue weighted by Crippen LogP contribution is 2.35. The van der Waals surface area contributed by atoms with Crippen LogP contribution in [0.25, 0.3) is 17.0 Å². The summed E-state index contributed by atoms with van der Waals surface area (Å²) in [6.07, 6.45) is -0.670. The molecule has 0 saturated carbocycles. The van der Waals surface area contributed by atoms with Crippen LogP contribution in [0.3, 0.4) is 0 Å². The Labute approximate surface area is 204 Å². The fourth-order valence-electron chi connectivity index (χ4n) is 3.97. The van der Waals surface area contributed by atoms with Crippen molar-refractivity contribution >= 4 is 39.9 Å². The summed E-state index contributed by atoms with van der Waals surface area (Å²) in [5.41, 5.74) is 0.351. The lowest BCUT2D eigenvalue weighted by Crippen LogP contribution is -2.31. The fraction of sp³-hybridized carbons (Fsp3) is 0.280. The Hall–Kier alpha value is -3.11. The maximum absolute atomic E-state index is 13.4. The molecule has 4 rings (SSSR count). The number of hydrogen-bond donors (Lipinski definition) is 0. The van der Waals surface area contributed by atoms with Crippen molar-refractivity contribution < 1.29 is 27.2 Å². The molecule has 184 valence electrons. The minimum Gasteiger partial charge on any atom is -0.343 e. The number of alkyl halides is 3. The van der Waals surface area contributed by atoms with Crippen LogP contribution in [0.2, 0.25) is 0 Å². The molecular formula is C25H23F4N3O2S. The number of benzene rings is 2. The summed E-state index contributed by atoms with van der Waals surface area (Å²) < 4.78 is 55.2. The van der Waals surface area contributed by atoms with Gasteiger partial charge >= 0.3 is 6.18 Å². The van der Waals surface area contributed by atoms with E-state index in [-0.39, 0.29) is 23.3 Å². The van der Waals surface area contributed by atoms with Gasteiger partial charge in [0.2, 0.25) is 0 Å². The summed E-state index contributed by atoms with van der Waals surface area (Å²) in [7, 11) is 3.85. The van der Waals surface area contributed by atoms with E-state index in [1.165, 1.54) is 4.90 Å². The Morgan fingerprint density at radius 1 is 1.06 bits per heavy atom. The van der Waals surface area contributed by atoms with Crippen LogP contribution >= 0.6 is 11.8 Å². The van der Waals surface area contributed by atoms with Gasteiger partial charge in [0.15, 0.2) is 0 Å². The normalized spacial score (nSPS) is 15.9. The fourth-order valence-corrected chi connectivity index (χ4v) is 4.83. The highest BCUT2D eigenvalue weighted by molar-refractivity contribution is 8.18. The van der Waals surface area contributed by atoms with Gasteiger partial charge in [-0.05, 0) is 86.4 Å². The highest BCUT2D eigenvalue weighted by Gasteiger charge is 2.35. The number of fused-ring (bicyclic) bond motifs is 1. The first kappa shape index (κ1) is 25.0. The molecule has 0 atom stereocenters. The van der Waals surface area contributed by atoms with E-state index in [1.54, 1.807) is 41.1 Å². The first-order chi connectivity index (χ1) is 16.5. The van der Waals surface area contributed by atoms with Gasteiger partial charge in [-0.3, -0.25) is 14.5 Å². The number of aromatic nitrogens is 1. The SMILES string of the molecule is CN(C)CCCN1C(=O)S/C(=C\c2ccc3c(ccn3Cc3ccc(F)cc3C(F)(F)F)c2)C1=O. The lowest BCUT2D eigenvalue weighted by molar-refractivity contribution is -0.138. The van der Waals surface area contributed by atoms with E-state index in [0.717, 1.165) is 35.8 Å². The van der Waals surface area contributed by atoms with Gasteiger partial charge in [-0.2, -0.15) is 13.2 Å². The molecule has 1 aromatic heterocycles. The molecule has 2 aromatic carbocycles. The highest BCUT2D eigenvalue weighted by atomic mass is 32.2. The van der Waals surface area contributed by atoms with Crippen LogP contribution in [-0.2, 0) is 17.5 Å². The van der Waals surface area contributed by atoms with Gasteiger partial charge in [-0.15, -0.1) is 0 Å². The zero-order valence-electron chi connectivity index (χ0n) is 19.1. The van der Waals surface area contributed by atoms with E-state index in [2.05, 4.69) is 0 Å². The zero-order chi connectivity index (χ0) is 25.3. The third-order valence-electron chi connectivity index (χ3n) is 5.67. The van der Waals surface area contributed by atoms with E-state index in [1.807, 2.05) is 19.0 Å². The number of nitrogens with zero attached hydrogens (tertiary/aromatic N) is 3. The average Bonchev–Trinajstić information content (AvgIpc) is 3.29. The molecular weight excluding hydrogens is 482 g/mol. The molecule has 10 heteroatoms. The third kappa shape index (κ3) is 5.59. The summed E-state index contributed by atoms with van der Waals surface area (Å²) in [6.45, 7) is 1.03. The van der Waals surface area contributed by atoms with Crippen molar-refractivity contribution in [1.82, 2.24) is 14.4 Å². The second-order valence-electron chi connectivity index (χ2n) is 8.55. The third-order valence-corrected chi connectivity index (χ3v) is 6.58. The zero-order valence-corrected chi connectivity index (χ0v) is 19.9. The van der Waals surface area contributed by atoms with Gasteiger partial charge in [0.25, 0.3) is 11.1 Å². The Kier molecular flexibility index (Phi) is 7.05. The van der Waals surface area contributed by atoms with Gasteiger partial charge in [0.1, 0.15) is 5.82 Å². The number of imide groups is 1. The molecule has 3 aromatic rings. The van der Waals surface area contributed by atoms with Crippen LogP contribution in [-0.4, -0.2) is 52.7 Å². The minimum atomic E-state index is -4.66. The Morgan fingerprint density at radius 2 is 1.83 bits per heavy atom. The number of carbonyl (C=O) groups excluding carboxylic acids is 2. The van der Waals surface area contributed by atoms with Crippen LogP contribution < -0.4 is 0 Å². The molecule has 0 bridgehead atoms. The van der Waals surface area contributed by atoms with Crippen LogP contribution in [0.4, 0.5) is 22.4 Å². The number of halogens is 4. The lowest BCUT2D eigenvalue weighted by Gasteiger charge is -2.14. The maximum Gasteiger partial charge on any atom is 0.416 e. The van der Waals surface area contributed by atoms with Crippen LogP contribution in [0.5, 0.6) is 0 Å². The standard InChI is InChI=1S/C25H23F4N3O2S/c1-30(2)9-3-10-32-23(33)22(35-24(32)34)13-16-4-7-21-17(12-16)8-11-31(21)15-18-5-6-19(26)14-20(18)25(27,28)29/h4-8,11-14H,3,9-10,15H2,1-2H3/b22-13-. The molecule has 5 nitrogen and oxygen atoms in total. The van der Waals surface area contributed by atoms with Gasteiger partial charge in [0, 0.05) is 30.2 Å². The van der Waals surface area contributed by atoms with Crippen molar-refractivity contribution in [1.29, 1.82) is 0 Å². The van der Waals surface area contributed by atoms with Crippen LogP contribution in [0, 0.1) is 5.82 Å². The molecule has 1 fully saturated rings. The molecule has 0 N–H and O–H groups in total. The topological polar surface area (TPSA) is 45.5 Å². The Bertz CT molecular complexity index is 1310. The van der Waals surface area contributed by atoms with Crippen molar-refractivity contribution in [3.8, 4) is 0 Å². The Morgan fingerprint density at radius 3 is 2.54 bits per heavy atom. The maximum atomic E-state index is 13.4. The molecule has 1 aliphatic heterocycles. The molecule has 0 aliphatic carbocycles. The summed E-state index contributed by atoms with van der Waals surface area (Å²) in [5, 5.41) is 0.464. The largest absolute Gasteiger partial charge is 0.416 e. The average molecular weight is 506 g/mol. The predicted octanol–water partition coefficient (Wildman–Crippen LogP) is 5.84. The molecule has 2 amide bonds. The van der Waals surface area contributed by atoms with E-state index >= 15 is 0 Å². The first-order valence-electron chi connectivity index (χ1n) is 10.9. The number of rotatable bonds is 7. The first-order valence-corrected chi connectivity index (χ1v) is 11.7. The van der Waals surface area contributed by atoms with Crippen molar-refractivity contribution in [2.24, 2.45) is 0 Å². The molecule has 0 unspecified atom stereocenters. The van der Waals surface area contributed by atoms with Gasteiger partial charge in [-0.1, -0.05) is 12.1 Å². The Balaban J connectivity index is 1.55. The number of thioether (sulfide) groups is 1. The van der Waals surface area contributed by atoms with Gasteiger partial charge < -0.3 is 9.47 Å². The number of amides is 2. The van der Waals surface area contributed by atoms with Crippen molar-refractivity contribution in [2.75, 3.05) is 27.2 Å². The predicted molar refractivity (Wildman–Crippen MR) is 128 cm³/mol. The summed E-state index contributed by atoms with van der Waals surface area (Å²) in [6, 6.07) is 9.73. The monoisotopic (exact) mass is 505 g/mol. The van der Waals surface area contributed by atoms with Crippen molar-refractivity contribution in [2.45, 2.75) is 19.1 Å². The van der Waals surface area contributed by atoms with Gasteiger partial charge in [-0.25, -0.2) is 4.39 Å². The van der Waals surface area contributed by atoms with Crippen molar-refractivity contribution in [3.63, 3.8) is 0 Å².